The van der Waals surface area contributed by atoms with Crippen molar-refractivity contribution < 1.29 is 12.6 Å². The van der Waals surface area contributed by atoms with E-state index in [1.807, 2.05) is 0 Å². The smallest absolute Gasteiger partial charge is 0.279 e. The van der Waals surface area contributed by atoms with E-state index in [-0.39, 0.29) is 6.04 Å². The molecule has 0 amide bonds. The van der Waals surface area contributed by atoms with Crippen LogP contribution in [0.25, 0.3) is 0 Å². The Hall–Kier alpha value is -0.0200. The maximum absolute atomic E-state index is 11.9. The maximum Gasteiger partial charge on any atom is 0.279 e. The number of hydrogen-bond donors (Lipinski definition) is 2. The minimum Gasteiger partial charge on any atom is -0.330 e. The molecule has 1 heterocycles. The summed E-state index contributed by atoms with van der Waals surface area (Å²) in [4.78, 5) is 0. The van der Waals surface area contributed by atoms with Gasteiger partial charge in [-0.1, -0.05) is 0 Å². The molecule has 0 aromatic carbocycles. The lowest BCUT2D eigenvalue weighted by molar-refractivity contribution is 0.435. The Labute approximate surface area is 106 Å². The molecule has 1 rings (SSSR count). The molecule has 0 radical (unpaired) electrons. The standard InChI is InChI=1S/C9H21N3O3S2/c1-12(6-2-5-10)17(14,15)11-9-3-7-16(13)8-4-9/h9,11H,2-8,10H2,1H3. The third-order valence-corrected chi connectivity index (χ3v) is 5.81. The summed E-state index contributed by atoms with van der Waals surface area (Å²) in [6.45, 7) is 0.896. The molecule has 0 aliphatic carbocycles. The summed E-state index contributed by atoms with van der Waals surface area (Å²) < 4.78 is 38.9. The van der Waals surface area contributed by atoms with Crippen molar-refractivity contribution in [3.05, 3.63) is 0 Å². The Balaban J connectivity index is 2.45. The van der Waals surface area contributed by atoms with E-state index in [2.05, 4.69) is 4.72 Å². The van der Waals surface area contributed by atoms with Crippen molar-refractivity contribution >= 4 is 21.0 Å². The Kier molecular flexibility index (Phi) is 6.01. The summed E-state index contributed by atoms with van der Waals surface area (Å²) >= 11 is 0. The molecular formula is C9H21N3O3S2. The first-order valence-corrected chi connectivity index (χ1v) is 8.67. The lowest BCUT2D eigenvalue weighted by Gasteiger charge is -2.25. The van der Waals surface area contributed by atoms with Crippen LogP contribution in [0.4, 0.5) is 0 Å². The average Bonchev–Trinajstić information content (AvgIpc) is 2.28. The molecule has 3 N–H and O–H groups in total. The van der Waals surface area contributed by atoms with Gasteiger partial charge in [-0.2, -0.15) is 17.4 Å². The van der Waals surface area contributed by atoms with E-state index in [9.17, 15) is 12.6 Å². The van der Waals surface area contributed by atoms with Crippen LogP contribution in [0, 0.1) is 0 Å². The zero-order valence-corrected chi connectivity index (χ0v) is 11.7. The number of nitrogens with zero attached hydrogens (tertiary/aromatic N) is 1. The molecule has 1 saturated heterocycles. The third kappa shape index (κ3) is 5.01. The molecule has 0 aromatic heterocycles. The first-order chi connectivity index (χ1) is 7.95. The molecule has 0 bridgehead atoms. The third-order valence-electron chi connectivity index (χ3n) is 2.79. The highest BCUT2D eigenvalue weighted by Crippen LogP contribution is 2.11. The minimum atomic E-state index is -3.42. The fraction of sp³-hybridized carbons (Fsp3) is 1.00. The van der Waals surface area contributed by atoms with E-state index in [0.29, 0.717) is 43.9 Å². The molecule has 102 valence electrons. The predicted octanol–water partition coefficient (Wildman–Crippen LogP) is -0.987. The maximum atomic E-state index is 11.9. The van der Waals surface area contributed by atoms with Gasteiger partial charge in [0.15, 0.2) is 0 Å². The highest BCUT2D eigenvalue weighted by Gasteiger charge is 2.25. The molecule has 0 unspecified atom stereocenters. The van der Waals surface area contributed by atoms with Crippen molar-refractivity contribution in [3.63, 3.8) is 0 Å². The zero-order chi connectivity index (χ0) is 12.9. The Morgan fingerprint density at radius 1 is 1.41 bits per heavy atom. The number of hydrogen-bond acceptors (Lipinski definition) is 4. The molecule has 0 saturated carbocycles. The van der Waals surface area contributed by atoms with Crippen molar-refractivity contribution in [1.29, 1.82) is 0 Å². The number of nitrogens with two attached hydrogens (primary N) is 1. The van der Waals surface area contributed by atoms with E-state index in [0.717, 1.165) is 0 Å². The van der Waals surface area contributed by atoms with E-state index in [1.54, 1.807) is 7.05 Å². The van der Waals surface area contributed by atoms with E-state index < -0.39 is 21.0 Å². The van der Waals surface area contributed by atoms with Crippen molar-refractivity contribution in [2.45, 2.75) is 25.3 Å². The quantitative estimate of drug-likeness (QED) is 0.655. The van der Waals surface area contributed by atoms with E-state index in [1.165, 1.54) is 4.31 Å². The van der Waals surface area contributed by atoms with Gasteiger partial charge < -0.3 is 5.73 Å². The first kappa shape index (κ1) is 15.0. The minimum absolute atomic E-state index is 0.0852. The number of rotatable bonds is 6. The van der Waals surface area contributed by atoms with Crippen LogP contribution in [0.2, 0.25) is 0 Å². The number of nitrogens with one attached hydrogen (secondary N) is 1. The van der Waals surface area contributed by atoms with Crippen LogP contribution in [0.15, 0.2) is 0 Å². The Bertz CT molecular complexity index is 348. The van der Waals surface area contributed by atoms with Gasteiger partial charge >= 0.3 is 0 Å². The average molecular weight is 283 g/mol. The summed E-state index contributed by atoms with van der Waals surface area (Å²) in [6.07, 6.45) is 1.94. The van der Waals surface area contributed by atoms with Crippen LogP contribution in [-0.4, -0.2) is 54.6 Å². The molecule has 0 atom stereocenters. The predicted molar refractivity (Wildman–Crippen MR) is 69.3 cm³/mol. The molecule has 0 spiro atoms. The van der Waals surface area contributed by atoms with Crippen molar-refractivity contribution in [2.24, 2.45) is 5.73 Å². The summed E-state index contributed by atoms with van der Waals surface area (Å²) in [5.41, 5.74) is 5.34. The molecule has 1 aliphatic heterocycles. The molecule has 1 fully saturated rings. The lowest BCUT2D eigenvalue weighted by atomic mass is 10.2. The van der Waals surface area contributed by atoms with Crippen LogP contribution >= 0.6 is 0 Å². The van der Waals surface area contributed by atoms with Gasteiger partial charge in [0.25, 0.3) is 10.2 Å². The van der Waals surface area contributed by atoms with Gasteiger partial charge in [0, 0.05) is 41.9 Å². The van der Waals surface area contributed by atoms with Crippen LogP contribution in [0.5, 0.6) is 0 Å². The van der Waals surface area contributed by atoms with Gasteiger partial charge in [0.2, 0.25) is 0 Å². The van der Waals surface area contributed by atoms with Crippen molar-refractivity contribution in [3.8, 4) is 0 Å². The van der Waals surface area contributed by atoms with Crippen LogP contribution < -0.4 is 10.5 Å². The second kappa shape index (κ2) is 6.79. The topological polar surface area (TPSA) is 92.5 Å². The SMILES string of the molecule is CN(CCCN)S(=O)(=O)NC1CCS(=O)CC1. The second-order valence-corrected chi connectivity index (χ2v) is 7.71. The molecular weight excluding hydrogens is 262 g/mol. The van der Waals surface area contributed by atoms with Crippen molar-refractivity contribution in [1.82, 2.24) is 9.03 Å². The monoisotopic (exact) mass is 283 g/mol. The Morgan fingerprint density at radius 3 is 2.53 bits per heavy atom. The molecule has 1 aliphatic rings. The first-order valence-electron chi connectivity index (χ1n) is 5.74. The molecule has 17 heavy (non-hydrogen) atoms. The van der Waals surface area contributed by atoms with Gasteiger partial charge in [0.1, 0.15) is 0 Å². The molecule has 0 aromatic rings. The van der Waals surface area contributed by atoms with E-state index >= 15 is 0 Å². The summed E-state index contributed by atoms with van der Waals surface area (Å²) in [5, 5.41) is 0. The highest BCUT2D eigenvalue weighted by atomic mass is 32.2. The molecule has 6 nitrogen and oxygen atoms in total. The second-order valence-electron chi connectivity index (χ2n) is 4.21. The summed E-state index contributed by atoms with van der Waals surface area (Å²) in [5.74, 6) is 1.17. The lowest BCUT2D eigenvalue weighted by Crippen LogP contribution is -2.46. The summed E-state index contributed by atoms with van der Waals surface area (Å²) in [6, 6.07) is -0.0852. The van der Waals surface area contributed by atoms with Crippen LogP contribution in [-0.2, 0) is 21.0 Å². The van der Waals surface area contributed by atoms with E-state index in [4.69, 9.17) is 5.73 Å². The summed E-state index contributed by atoms with van der Waals surface area (Å²) in [7, 11) is -2.65. The highest BCUT2D eigenvalue weighted by molar-refractivity contribution is 7.87. The van der Waals surface area contributed by atoms with Crippen LogP contribution in [0.1, 0.15) is 19.3 Å². The molecule has 8 heteroatoms. The van der Waals surface area contributed by atoms with Crippen molar-refractivity contribution in [2.75, 3.05) is 31.6 Å². The van der Waals surface area contributed by atoms with Gasteiger partial charge in [-0.3, -0.25) is 4.21 Å². The van der Waals surface area contributed by atoms with Crippen LogP contribution in [0.3, 0.4) is 0 Å². The van der Waals surface area contributed by atoms with Gasteiger partial charge in [0.05, 0.1) is 0 Å². The normalized spacial score (nSPS) is 26.3. The van der Waals surface area contributed by atoms with Gasteiger partial charge in [-0.25, -0.2) is 0 Å². The largest absolute Gasteiger partial charge is 0.330 e. The fourth-order valence-corrected chi connectivity index (χ4v) is 4.15. The van der Waals surface area contributed by atoms with Gasteiger partial charge in [-0.15, -0.1) is 0 Å². The zero-order valence-electron chi connectivity index (χ0n) is 10.1. The Morgan fingerprint density at radius 2 is 2.00 bits per heavy atom. The fourth-order valence-electron chi connectivity index (χ4n) is 1.65. The van der Waals surface area contributed by atoms with Gasteiger partial charge in [-0.05, 0) is 25.8 Å².